The topological polar surface area (TPSA) is 38.3 Å². The van der Waals surface area contributed by atoms with E-state index < -0.39 is 10.8 Å². The summed E-state index contributed by atoms with van der Waals surface area (Å²) in [5.41, 5.74) is 0. The molecule has 0 bridgehead atoms. The van der Waals surface area contributed by atoms with Crippen molar-refractivity contribution in [2.24, 2.45) is 0 Å². The molecule has 15 heavy (non-hydrogen) atoms. The highest BCUT2D eigenvalue weighted by atomic mass is 32.2. The summed E-state index contributed by atoms with van der Waals surface area (Å²) < 4.78 is 17.6. The molecule has 1 saturated carbocycles. The Labute approximate surface area is 94.4 Å². The number of nitrogens with one attached hydrogen (secondary N) is 1. The molecule has 0 aromatic rings. The average molecular weight is 231 g/mol. The second kappa shape index (κ2) is 5.41. The van der Waals surface area contributed by atoms with E-state index in [1.54, 1.807) is 0 Å². The zero-order chi connectivity index (χ0) is 10.7. The highest BCUT2D eigenvalue weighted by molar-refractivity contribution is 7.85. The molecule has 0 aromatic heterocycles. The lowest BCUT2D eigenvalue weighted by atomic mass is 10.3. The van der Waals surface area contributed by atoms with Crippen LogP contribution in [0.5, 0.6) is 0 Å². The zero-order valence-electron chi connectivity index (χ0n) is 9.41. The third kappa shape index (κ3) is 3.02. The van der Waals surface area contributed by atoms with E-state index in [-0.39, 0.29) is 6.10 Å². The summed E-state index contributed by atoms with van der Waals surface area (Å²) in [6, 6.07) is 0.587. The van der Waals surface area contributed by atoms with Gasteiger partial charge in [-0.2, -0.15) is 0 Å². The normalized spacial score (nSPS) is 38.3. The van der Waals surface area contributed by atoms with Crippen molar-refractivity contribution in [2.45, 2.75) is 49.5 Å². The molecule has 0 aromatic carbocycles. The van der Waals surface area contributed by atoms with Crippen LogP contribution in [-0.4, -0.2) is 41.0 Å². The smallest absolute Gasteiger partial charge is 0.0691 e. The first kappa shape index (κ1) is 11.6. The largest absolute Gasteiger partial charge is 0.377 e. The summed E-state index contributed by atoms with van der Waals surface area (Å²) in [4.78, 5) is 0. The van der Waals surface area contributed by atoms with Crippen LogP contribution in [-0.2, 0) is 15.5 Å². The lowest BCUT2D eigenvalue weighted by Crippen LogP contribution is -2.26. The Bertz CT molecular complexity index is 229. The Balaban J connectivity index is 1.76. The summed E-state index contributed by atoms with van der Waals surface area (Å²) >= 11 is 0. The second-order valence-electron chi connectivity index (χ2n) is 4.60. The van der Waals surface area contributed by atoms with Crippen molar-refractivity contribution < 1.29 is 8.95 Å². The molecule has 2 fully saturated rings. The van der Waals surface area contributed by atoms with Crippen LogP contribution in [0, 0.1) is 0 Å². The maximum absolute atomic E-state index is 12.1. The van der Waals surface area contributed by atoms with Crippen LogP contribution in [0.2, 0.25) is 0 Å². The summed E-state index contributed by atoms with van der Waals surface area (Å²) in [5.74, 6) is 0.765. The molecule has 1 heterocycles. The molecule has 0 amide bonds. The molecule has 4 unspecified atom stereocenters. The van der Waals surface area contributed by atoms with Crippen LogP contribution in [0.25, 0.3) is 0 Å². The van der Waals surface area contributed by atoms with Gasteiger partial charge < -0.3 is 10.1 Å². The van der Waals surface area contributed by atoms with Gasteiger partial charge in [0, 0.05) is 28.7 Å². The maximum Gasteiger partial charge on any atom is 0.0691 e. The van der Waals surface area contributed by atoms with Crippen LogP contribution in [0.1, 0.15) is 32.1 Å². The molecule has 4 atom stereocenters. The van der Waals surface area contributed by atoms with E-state index in [9.17, 15) is 4.21 Å². The molecule has 2 aliphatic rings. The van der Waals surface area contributed by atoms with Gasteiger partial charge in [0.1, 0.15) is 0 Å². The average Bonchev–Trinajstić information content (AvgIpc) is 2.86. The van der Waals surface area contributed by atoms with E-state index in [0.29, 0.717) is 11.3 Å². The molecule has 1 aliphatic heterocycles. The third-order valence-electron chi connectivity index (χ3n) is 3.54. The predicted molar refractivity (Wildman–Crippen MR) is 62.5 cm³/mol. The van der Waals surface area contributed by atoms with Crippen LogP contribution in [0.4, 0.5) is 0 Å². The van der Waals surface area contributed by atoms with Gasteiger partial charge in [0.2, 0.25) is 0 Å². The first-order valence-electron chi connectivity index (χ1n) is 5.95. The third-order valence-corrected chi connectivity index (χ3v) is 5.41. The van der Waals surface area contributed by atoms with Gasteiger partial charge in [-0.15, -0.1) is 0 Å². The quantitative estimate of drug-likeness (QED) is 0.786. The standard InChI is InChI=1S/C11H21NO2S/c1-12-9-4-5-11(7-9)15(13)8-10-3-2-6-14-10/h9-12H,2-8H2,1H3. The Morgan fingerprint density at radius 3 is 2.87 bits per heavy atom. The van der Waals surface area contributed by atoms with Crippen LogP contribution < -0.4 is 5.32 Å². The Morgan fingerprint density at radius 1 is 1.40 bits per heavy atom. The van der Waals surface area contributed by atoms with Gasteiger partial charge in [-0.25, -0.2) is 0 Å². The van der Waals surface area contributed by atoms with Gasteiger partial charge in [-0.05, 0) is 39.2 Å². The molecule has 0 spiro atoms. The lowest BCUT2D eigenvalue weighted by Gasteiger charge is -2.14. The Morgan fingerprint density at radius 2 is 2.27 bits per heavy atom. The Kier molecular flexibility index (Phi) is 4.17. The van der Waals surface area contributed by atoms with E-state index in [1.165, 1.54) is 6.42 Å². The van der Waals surface area contributed by atoms with Gasteiger partial charge >= 0.3 is 0 Å². The van der Waals surface area contributed by atoms with Gasteiger partial charge in [0.15, 0.2) is 0 Å². The van der Waals surface area contributed by atoms with Gasteiger partial charge in [-0.1, -0.05) is 0 Å². The number of ether oxygens (including phenoxy) is 1. The molecule has 88 valence electrons. The molecule has 3 nitrogen and oxygen atoms in total. The maximum atomic E-state index is 12.1. The van der Waals surface area contributed by atoms with Crippen molar-refractivity contribution >= 4 is 10.8 Å². The van der Waals surface area contributed by atoms with E-state index >= 15 is 0 Å². The minimum Gasteiger partial charge on any atom is -0.377 e. The summed E-state index contributed by atoms with van der Waals surface area (Å²) in [6.45, 7) is 0.867. The van der Waals surface area contributed by atoms with Gasteiger partial charge in [0.05, 0.1) is 11.9 Å². The highest BCUT2D eigenvalue weighted by Crippen LogP contribution is 2.25. The highest BCUT2D eigenvalue weighted by Gasteiger charge is 2.30. The second-order valence-corrected chi connectivity index (χ2v) is 6.36. The molecular weight excluding hydrogens is 210 g/mol. The number of hydrogen-bond donors (Lipinski definition) is 1. The molecule has 1 saturated heterocycles. The van der Waals surface area contributed by atoms with Gasteiger partial charge in [0.25, 0.3) is 0 Å². The first-order chi connectivity index (χ1) is 7.29. The molecule has 1 N–H and O–H groups in total. The van der Waals surface area contributed by atoms with Crippen molar-refractivity contribution in [1.29, 1.82) is 0 Å². The monoisotopic (exact) mass is 231 g/mol. The molecular formula is C11H21NO2S. The first-order valence-corrected chi connectivity index (χ1v) is 7.34. The van der Waals surface area contributed by atoms with Crippen molar-refractivity contribution in [1.82, 2.24) is 5.32 Å². The van der Waals surface area contributed by atoms with E-state index in [2.05, 4.69) is 5.32 Å². The SMILES string of the molecule is CNC1CCC(S(=O)CC2CCCO2)C1. The fourth-order valence-electron chi connectivity index (χ4n) is 2.54. The number of hydrogen-bond acceptors (Lipinski definition) is 3. The predicted octanol–water partition coefficient (Wildman–Crippen LogP) is 1.05. The van der Waals surface area contributed by atoms with E-state index in [4.69, 9.17) is 4.74 Å². The van der Waals surface area contributed by atoms with E-state index in [1.807, 2.05) is 7.05 Å². The summed E-state index contributed by atoms with van der Waals surface area (Å²) in [7, 11) is 1.32. The molecule has 2 rings (SSSR count). The Hall–Kier alpha value is 0.0700. The van der Waals surface area contributed by atoms with Crippen molar-refractivity contribution in [3.63, 3.8) is 0 Å². The fourth-order valence-corrected chi connectivity index (χ4v) is 4.28. The van der Waals surface area contributed by atoms with Crippen molar-refractivity contribution in [3.8, 4) is 0 Å². The summed E-state index contributed by atoms with van der Waals surface area (Å²) in [6.07, 6.45) is 5.90. The van der Waals surface area contributed by atoms with Crippen LogP contribution >= 0.6 is 0 Å². The molecule has 4 heteroatoms. The minimum atomic E-state index is -0.672. The summed E-state index contributed by atoms with van der Waals surface area (Å²) in [5, 5.41) is 3.69. The van der Waals surface area contributed by atoms with Crippen LogP contribution in [0.15, 0.2) is 0 Å². The van der Waals surface area contributed by atoms with Gasteiger partial charge in [-0.3, -0.25) is 4.21 Å². The number of rotatable bonds is 4. The fraction of sp³-hybridized carbons (Fsp3) is 1.00. The zero-order valence-corrected chi connectivity index (χ0v) is 10.2. The minimum absolute atomic E-state index is 0.277. The van der Waals surface area contributed by atoms with Crippen molar-refractivity contribution in [3.05, 3.63) is 0 Å². The van der Waals surface area contributed by atoms with Crippen molar-refractivity contribution in [2.75, 3.05) is 19.4 Å². The van der Waals surface area contributed by atoms with Crippen LogP contribution in [0.3, 0.4) is 0 Å². The molecule has 1 aliphatic carbocycles. The van der Waals surface area contributed by atoms with E-state index in [0.717, 1.165) is 38.0 Å². The molecule has 0 radical (unpaired) electrons. The lowest BCUT2D eigenvalue weighted by molar-refractivity contribution is 0.128.